The van der Waals surface area contributed by atoms with E-state index in [1.54, 1.807) is 5.70 Å². The number of nitrogens with one attached hydrogen (secondary N) is 1. The molecule has 3 heterocycles. The van der Waals surface area contributed by atoms with Gasteiger partial charge in [-0.05, 0) is 44.8 Å². The minimum Gasteiger partial charge on any atom is -0.370 e. The number of fused-ring (bicyclic) bond motifs is 3. The molecule has 0 spiro atoms. The van der Waals surface area contributed by atoms with Gasteiger partial charge >= 0.3 is 0 Å². The number of nitrogens with zero attached hydrogens (tertiary/aromatic N) is 1. The van der Waals surface area contributed by atoms with E-state index in [4.69, 9.17) is 0 Å². The molecule has 3 aliphatic heterocycles. The molecule has 0 aromatic rings. The number of hydrogen-bond donors (Lipinski definition) is 1. The summed E-state index contributed by atoms with van der Waals surface area (Å²) in [6.07, 6.45) is 11.0. The van der Waals surface area contributed by atoms with Gasteiger partial charge in [0.2, 0.25) is 0 Å². The van der Waals surface area contributed by atoms with Gasteiger partial charge in [0.25, 0.3) is 0 Å². The van der Waals surface area contributed by atoms with E-state index < -0.39 is 0 Å². The lowest BCUT2D eigenvalue weighted by Gasteiger charge is -2.39. The predicted molar refractivity (Wildman–Crippen MR) is 75.2 cm³/mol. The zero-order valence-corrected chi connectivity index (χ0v) is 11.4. The summed E-state index contributed by atoms with van der Waals surface area (Å²) in [6, 6.07) is 0. The second kappa shape index (κ2) is 5.07. The molecule has 3 atom stereocenters. The predicted octanol–water partition coefficient (Wildman–Crippen LogP) is 2.25. The SMILES string of the molecule is CNCCC1CC2CCN3CC=CC=C3C2S1. The first-order valence-electron chi connectivity index (χ1n) is 6.80. The largest absolute Gasteiger partial charge is 0.370 e. The quantitative estimate of drug-likeness (QED) is 0.827. The lowest BCUT2D eigenvalue weighted by molar-refractivity contribution is 0.262. The van der Waals surface area contributed by atoms with Crippen LogP contribution in [0, 0.1) is 5.92 Å². The molecule has 3 unspecified atom stereocenters. The van der Waals surface area contributed by atoms with Crippen molar-refractivity contribution in [1.82, 2.24) is 10.2 Å². The zero-order valence-electron chi connectivity index (χ0n) is 10.6. The normalized spacial score (nSPS) is 35.5. The molecule has 1 N–H and O–H groups in total. The van der Waals surface area contributed by atoms with Crippen molar-refractivity contribution >= 4 is 11.8 Å². The molecule has 17 heavy (non-hydrogen) atoms. The summed E-state index contributed by atoms with van der Waals surface area (Å²) in [5.41, 5.74) is 1.61. The first-order valence-corrected chi connectivity index (χ1v) is 7.74. The Kier molecular flexibility index (Phi) is 3.48. The minimum atomic E-state index is 0.788. The highest BCUT2D eigenvalue weighted by atomic mass is 32.2. The van der Waals surface area contributed by atoms with Gasteiger partial charge in [0.05, 0.1) is 0 Å². The van der Waals surface area contributed by atoms with Gasteiger partial charge in [-0.15, -0.1) is 11.8 Å². The van der Waals surface area contributed by atoms with E-state index >= 15 is 0 Å². The molecule has 0 amide bonds. The lowest BCUT2D eigenvalue weighted by atomic mass is 9.88. The van der Waals surface area contributed by atoms with Crippen molar-refractivity contribution in [2.45, 2.75) is 29.8 Å². The fourth-order valence-electron chi connectivity index (χ4n) is 3.29. The van der Waals surface area contributed by atoms with Crippen LogP contribution < -0.4 is 5.32 Å². The van der Waals surface area contributed by atoms with Crippen LogP contribution in [0.2, 0.25) is 0 Å². The van der Waals surface area contributed by atoms with Gasteiger partial charge in [0.1, 0.15) is 0 Å². The summed E-state index contributed by atoms with van der Waals surface area (Å²) in [7, 11) is 2.06. The van der Waals surface area contributed by atoms with Crippen LogP contribution in [0.3, 0.4) is 0 Å². The van der Waals surface area contributed by atoms with Gasteiger partial charge in [-0.25, -0.2) is 0 Å². The Bertz CT molecular complexity index is 337. The van der Waals surface area contributed by atoms with Gasteiger partial charge < -0.3 is 10.2 Å². The van der Waals surface area contributed by atoms with Crippen molar-refractivity contribution < 1.29 is 0 Å². The summed E-state index contributed by atoms with van der Waals surface area (Å²) in [6.45, 7) is 3.58. The first-order chi connectivity index (χ1) is 8.38. The van der Waals surface area contributed by atoms with Crippen LogP contribution in [0.15, 0.2) is 23.9 Å². The number of allylic oxidation sites excluding steroid dienone is 2. The van der Waals surface area contributed by atoms with Gasteiger partial charge in [0, 0.05) is 29.3 Å². The van der Waals surface area contributed by atoms with Gasteiger partial charge in [-0.2, -0.15) is 0 Å². The Balaban J connectivity index is 1.69. The maximum atomic E-state index is 3.28. The molecular weight excluding hydrogens is 228 g/mol. The Morgan fingerprint density at radius 1 is 1.53 bits per heavy atom. The molecule has 3 heteroatoms. The Labute approximate surface area is 109 Å². The minimum absolute atomic E-state index is 0.788. The monoisotopic (exact) mass is 250 g/mol. The molecule has 2 fully saturated rings. The lowest BCUT2D eigenvalue weighted by Crippen LogP contribution is -2.39. The van der Waals surface area contributed by atoms with Crippen LogP contribution >= 0.6 is 11.8 Å². The van der Waals surface area contributed by atoms with Crippen molar-refractivity contribution in [1.29, 1.82) is 0 Å². The fourth-order valence-corrected chi connectivity index (χ4v) is 5.15. The molecule has 0 radical (unpaired) electrons. The zero-order chi connectivity index (χ0) is 11.7. The standard InChI is InChI=1S/C14H22N2S/c1-15-7-5-12-10-11-6-9-16-8-3-2-4-13(16)14(11)17-12/h2-4,11-12,14-15H,5-10H2,1H3. The van der Waals surface area contributed by atoms with Gasteiger partial charge in [-0.1, -0.05) is 12.2 Å². The van der Waals surface area contributed by atoms with E-state index in [2.05, 4.69) is 47.3 Å². The summed E-state index contributed by atoms with van der Waals surface area (Å²) < 4.78 is 0. The number of rotatable bonds is 3. The van der Waals surface area contributed by atoms with E-state index in [-0.39, 0.29) is 0 Å². The molecule has 2 nitrogen and oxygen atoms in total. The highest BCUT2D eigenvalue weighted by molar-refractivity contribution is 8.01. The number of thioether (sulfide) groups is 1. The average molecular weight is 250 g/mol. The van der Waals surface area contributed by atoms with Crippen LogP contribution in [0.4, 0.5) is 0 Å². The highest BCUT2D eigenvalue weighted by Crippen LogP contribution is 2.48. The number of hydrogen-bond acceptors (Lipinski definition) is 3. The van der Waals surface area contributed by atoms with Crippen molar-refractivity contribution in [3.8, 4) is 0 Å². The van der Waals surface area contributed by atoms with Gasteiger partial charge in [0.15, 0.2) is 0 Å². The smallest absolute Gasteiger partial charge is 0.0478 e. The van der Waals surface area contributed by atoms with Crippen LogP contribution in [-0.2, 0) is 0 Å². The molecule has 3 aliphatic rings. The van der Waals surface area contributed by atoms with E-state index in [0.29, 0.717) is 0 Å². The maximum Gasteiger partial charge on any atom is 0.0478 e. The van der Waals surface area contributed by atoms with Crippen molar-refractivity contribution in [3.63, 3.8) is 0 Å². The maximum absolute atomic E-state index is 3.28. The molecule has 0 aromatic heterocycles. The van der Waals surface area contributed by atoms with Crippen LogP contribution in [0.5, 0.6) is 0 Å². The van der Waals surface area contributed by atoms with Crippen molar-refractivity contribution in [2.24, 2.45) is 5.92 Å². The van der Waals surface area contributed by atoms with Crippen molar-refractivity contribution in [2.75, 3.05) is 26.7 Å². The van der Waals surface area contributed by atoms with Gasteiger partial charge in [-0.3, -0.25) is 0 Å². The molecule has 0 aromatic carbocycles. The molecule has 94 valence electrons. The summed E-state index contributed by atoms with van der Waals surface area (Å²) in [5, 5.41) is 4.95. The first kappa shape index (κ1) is 11.7. The third kappa shape index (κ3) is 2.27. The Morgan fingerprint density at radius 2 is 2.47 bits per heavy atom. The summed E-state index contributed by atoms with van der Waals surface area (Å²) in [4.78, 5) is 2.58. The number of piperidine rings is 1. The van der Waals surface area contributed by atoms with E-state index in [1.165, 1.54) is 32.4 Å². The Morgan fingerprint density at radius 3 is 3.35 bits per heavy atom. The molecule has 2 saturated heterocycles. The second-order valence-electron chi connectivity index (χ2n) is 5.32. The topological polar surface area (TPSA) is 15.3 Å². The molecule has 0 saturated carbocycles. The van der Waals surface area contributed by atoms with Crippen LogP contribution in [0.1, 0.15) is 19.3 Å². The average Bonchev–Trinajstić information content (AvgIpc) is 2.79. The molecular formula is C14H22N2S. The summed E-state index contributed by atoms with van der Waals surface area (Å²) >= 11 is 2.24. The highest BCUT2D eigenvalue weighted by Gasteiger charge is 2.41. The van der Waals surface area contributed by atoms with E-state index in [9.17, 15) is 0 Å². The third-order valence-electron chi connectivity index (χ3n) is 4.20. The third-order valence-corrected chi connectivity index (χ3v) is 5.94. The molecule has 0 aliphatic carbocycles. The second-order valence-corrected chi connectivity index (χ2v) is 6.77. The summed E-state index contributed by atoms with van der Waals surface area (Å²) in [5.74, 6) is 0.941. The molecule has 0 bridgehead atoms. The molecule has 3 rings (SSSR count). The van der Waals surface area contributed by atoms with E-state index in [0.717, 1.165) is 23.0 Å². The Hall–Kier alpha value is -0.410. The van der Waals surface area contributed by atoms with Crippen LogP contribution in [0.25, 0.3) is 0 Å². The fraction of sp³-hybridized carbons (Fsp3) is 0.714. The van der Waals surface area contributed by atoms with Crippen molar-refractivity contribution in [3.05, 3.63) is 23.9 Å². The van der Waals surface area contributed by atoms with E-state index in [1.807, 2.05) is 0 Å². The van der Waals surface area contributed by atoms with Crippen LogP contribution in [-0.4, -0.2) is 42.1 Å².